The number of nitrogens with zero attached hydrogens (tertiary/aromatic N) is 1. The van der Waals surface area contributed by atoms with Gasteiger partial charge in [-0.3, -0.25) is 0 Å². The van der Waals surface area contributed by atoms with Gasteiger partial charge in [0.15, 0.2) is 0 Å². The van der Waals surface area contributed by atoms with Gasteiger partial charge in [-0.1, -0.05) is 45.4 Å². The van der Waals surface area contributed by atoms with Gasteiger partial charge < -0.3 is 4.74 Å². The highest BCUT2D eigenvalue weighted by atomic mass is 35.5. The number of benzene rings is 1. The summed E-state index contributed by atoms with van der Waals surface area (Å²) < 4.78 is 5.60. The average Bonchev–Trinajstić information content (AvgIpc) is 2.88. The van der Waals surface area contributed by atoms with Gasteiger partial charge >= 0.3 is 0 Å². The molecular formula is C16H24ClNOS. The molecule has 0 unspecified atom stereocenters. The van der Waals surface area contributed by atoms with Crippen LogP contribution in [0.3, 0.4) is 0 Å². The standard InChI is InChI=1S/C12H12ClNOS.2C2H6/c1-8-3-4-12(11(13)5-8)15-6-10-7-16-9(2)14-10;2*1-2/h3-5,7H,6H2,1-2H3;2*1-2H3. The molecule has 1 aromatic heterocycles. The van der Waals surface area contributed by atoms with E-state index >= 15 is 0 Å². The highest BCUT2D eigenvalue weighted by Gasteiger charge is 2.03. The Bertz CT molecular complexity index is 497. The van der Waals surface area contributed by atoms with Crippen LogP contribution in [0.1, 0.15) is 44.0 Å². The number of rotatable bonds is 3. The fourth-order valence-corrected chi connectivity index (χ4v) is 2.24. The van der Waals surface area contributed by atoms with Crippen molar-refractivity contribution in [1.29, 1.82) is 0 Å². The van der Waals surface area contributed by atoms with Gasteiger partial charge in [-0.05, 0) is 31.5 Å². The maximum Gasteiger partial charge on any atom is 0.138 e. The van der Waals surface area contributed by atoms with Crippen molar-refractivity contribution in [3.05, 3.63) is 44.9 Å². The topological polar surface area (TPSA) is 22.1 Å². The molecule has 2 nitrogen and oxygen atoms in total. The Labute approximate surface area is 131 Å². The van der Waals surface area contributed by atoms with Crippen molar-refractivity contribution in [2.45, 2.75) is 48.1 Å². The van der Waals surface area contributed by atoms with Crippen molar-refractivity contribution in [3.63, 3.8) is 0 Å². The van der Waals surface area contributed by atoms with E-state index in [4.69, 9.17) is 16.3 Å². The quantitative estimate of drug-likeness (QED) is 0.688. The third kappa shape index (κ3) is 6.40. The van der Waals surface area contributed by atoms with Crippen molar-refractivity contribution in [2.24, 2.45) is 0 Å². The fraction of sp³-hybridized carbons (Fsp3) is 0.438. The molecule has 112 valence electrons. The van der Waals surface area contributed by atoms with Crippen molar-refractivity contribution in [3.8, 4) is 5.75 Å². The summed E-state index contributed by atoms with van der Waals surface area (Å²) in [4.78, 5) is 4.32. The van der Waals surface area contributed by atoms with Crippen LogP contribution in [0, 0.1) is 13.8 Å². The van der Waals surface area contributed by atoms with Gasteiger partial charge in [-0.25, -0.2) is 4.98 Å². The molecule has 0 saturated carbocycles. The van der Waals surface area contributed by atoms with Gasteiger partial charge in [0, 0.05) is 5.38 Å². The van der Waals surface area contributed by atoms with E-state index < -0.39 is 0 Å². The summed E-state index contributed by atoms with van der Waals surface area (Å²) in [7, 11) is 0. The second-order valence-electron chi connectivity index (χ2n) is 3.58. The van der Waals surface area contributed by atoms with E-state index in [-0.39, 0.29) is 0 Å². The first-order chi connectivity index (χ1) is 9.65. The number of ether oxygens (including phenoxy) is 1. The zero-order chi connectivity index (χ0) is 15.5. The van der Waals surface area contributed by atoms with Gasteiger partial charge in [0.05, 0.1) is 15.7 Å². The molecule has 0 amide bonds. The normalized spacial score (nSPS) is 8.95. The molecule has 0 fully saturated rings. The minimum atomic E-state index is 0.465. The molecule has 0 aliphatic rings. The molecule has 4 heteroatoms. The Morgan fingerprint density at radius 3 is 2.30 bits per heavy atom. The van der Waals surface area contributed by atoms with Crippen LogP contribution in [0.4, 0.5) is 0 Å². The molecule has 20 heavy (non-hydrogen) atoms. The van der Waals surface area contributed by atoms with Crippen molar-refractivity contribution in [2.75, 3.05) is 0 Å². The molecule has 0 saturated heterocycles. The van der Waals surface area contributed by atoms with Gasteiger partial charge in [-0.2, -0.15) is 0 Å². The molecular weight excluding hydrogens is 290 g/mol. The molecule has 2 rings (SSSR count). The lowest BCUT2D eigenvalue weighted by atomic mass is 10.2. The largest absolute Gasteiger partial charge is 0.486 e. The molecule has 0 atom stereocenters. The second-order valence-corrected chi connectivity index (χ2v) is 5.05. The van der Waals surface area contributed by atoms with E-state index in [1.54, 1.807) is 11.3 Å². The molecule has 0 aliphatic carbocycles. The number of hydrogen-bond donors (Lipinski definition) is 0. The van der Waals surface area contributed by atoms with E-state index in [2.05, 4.69) is 4.98 Å². The highest BCUT2D eigenvalue weighted by molar-refractivity contribution is 7.09. The molecule has 1 aromatic carbocycles. The van der Waals surface area contributed by atoms with Crippen LogP contribution in [0.25, 0.3) is 0 Å². The van der Waals surface area contributed by atoms with E-state index in [0.717, 1.165) is 16.3 Å². The van der Waals surface area contributed by atoms with Crippen LogP contribution in [0.5, 0.6) is 5.75 Å². The van der Waals surface area contributed by atoms with E-state index in [9.17, 15) is 0 Å². The second kappa shape index (κ2) is 10.7. The van der Waals surface area contributed by atoms with Crippen LogP contribution in [0.15, 0.2) is 23.6 Å². The van der Waals surface area contributed by atoms with Crippen LogP contribution >= 0.6 is 22.9 Å². The molecule has 0 spiro atoms. The maximum absolute atomic E-state index is 6.06. The summed E-state index contributed by atoms with van der Waals surface area (Å²) in [5.74, 6) is 0.706. The minimum absolute atomic E-state index is 0.465. The number of aromatic nitrogens is 1. The Hall–Kier alpha value is -1.06. The molecule has 0 radical (unpaired) electrons. The average molecular weight is 314 g/mol. The van der Waals surface area contributed by atoms with Crippen LogP contribution < -0.4 is 4.74 Å². The monoisotopic (exact) mass is 313 g/mol. The van der Waals surface area contributed by atoms with E-state index in [1.807, 2.05) is 65.1 Å². The summed E-state index contributed by atoms with van der Waals surface area (Å²) in [6.07, 6.45) is 0. The lowest BCUT2D eigenvalue weighted by molar-refractivity contribution is 0.302. The minimum Gasteiger partial charge on any atom is -0.486 e. The third-order valence-corrected chi connectivity index (χ3v) is 3.25. The smallest absolute Gasteiger partial charge is 0.138 e. The predicted octanol–water partition coefficient (Wildman–Crippen LogP) is 6.04. The number of hydrogen-bond acceptors (Lipinski definition) is 3. The highest BCUT2D eigenvalue weighted by Crippen LogP contribution is 2.26. The van der Waals surface area contributed by atoms with Crippen LogP contribution in [-0.4, -0.2) is 4.98 Å². The summed E-state index contributed by atoms with van der Waals surface area (Å²) in [6, 6.07) is 5.76. The van der Waals surface area contributed by atoms with Gasteiger partial charge in [0.25, 0.3) is 0 Å². The van der Waals surface area contributed by atoms with Crippen molar-refractivity contribution < 1.29 is 4.74 Å². The lowest BCUT2D eigenvalue weighted by Crippen LogP contribution is -1.96. The van der Waals surface area contributed by atoms with E-state index in [1.165, 1.54) is 0 Å². The summed E-state index contributed by atoms with van der Waals surface area (Å²) >= 11 is 7.68. The maximum atomic E-state index is 6.06. The van der Waals surface area contributed by atoms with Gasteiger partial charge in [-0.15, -0.1) is 11.3 Å². The third-order valence-electron chi connectivity index (χ3n) is 2.13. The zero-order valence-corrected chi connectivity index (χ0v) is 14.7. The number of thiazole rings is 1. The van der Waals surface area contributed by atoms with Gasteiger partial charge in [0.2, 0.25) is 0 Å². The Balaban J connectivity index is 0.000000829. The first-order valence-corrected chi connectivity index (χ1v) is 8.21. The van der Waals surface area contributed by atoms with Gasteiger partial charge in [0.1, 0.15) is 12.4 Å². The zero-order valence-electron chi connectivity index (χ0n) is 13.2. The molecule has 0 bridgehead atoms. The molecule has 0 aliphatic heterocycles. The number of aryl methyl sites for hydroxylation is 2. The lowest BCUT2D eigenvalue weighted by Gasteiger charge is -2.06. The Morgan fingerprint density at radius 2 is 1.80 bits per heavy atom. The van der Waals surface area contributed by atoms with Crippen LogP contribution in [0.2, 0.25) is 5.02 Å². The number of halogens is 1. The summed E-state index contributed by atoms with van der Waals surface area (Å²) in [5.41, 5.74) is 2.07. The van der Waals surface area contributed by atoms with Crippen molar-refractivity contribution >= 4 is 22.9 Å². The van der Waals surface area contributed by atoms with Crippen LogP contribution in [-0.2, 0) is 6.61 Å². The predicted molar refractivity (Wildman–Crippen MR) is 90.1 cm³/mol. The first kappa shape index (κ1) is 18.9. The molecule has 1 heterocycles. The summed E-state index contributed by atoms with van der Waals surface area (Å²) in [5, 5.41) is 3.69. The van der Waals surface area contributed by atoms with Crippen molar-refractivity contribution in [1.82, 2.24) is 4.98 Å². The molecule has 0 N–H and O–H groups in total. The Morgan fingerprint density at radius 1 is 1.15 bits per heavy atom. The Kier molecular flexibility index (Phi) is 10.1. The SMILES string of the molecule is CC.CC.Cc1ccc(OCc2csc(C)n2)c(Cl)c1. The summed E-state index contributed by atoms with van der Waals surface area (Å²) in [6.45, 7) is 12.4. The molecule has 2 aromatic rings. The fourth-order valence-electron chi connectivity index (χ4n) is 1.35. The first-order valence-electron chi connectivity index (χ1n) is 6.95. The van der Waals surface area contributed by atoms with E-state index in [0.29, 0.717) is 17.4 Å².